The number of methoxy groups -OCH3 is 1. The second kappa shape index (κ2) is 17.5. The fraction of sp³-hybridized carbons (Fsp3) is 0.659. The number of halogens is 1. The van der Waals surface area contributed by atoms with E-state index in [4.69, 9.17) is 21.1 Å². The first-order valence-electron chi connectivity index (χ1n) is 20.2. The molecule has 1 saturated heterocycles. The summed E-state index contributed by atoms with van der Waals surface area (Å²) >= 11 is 6.43. The topological polar surface area (TPSA) is 54.0 Å². The number of hydrogen-bond donors (Lipinski definition) is 1. The van der Waals surface area contributed by atoms with Gasteiger partial charge in [0.2, 0.25) is 0 Å². The second-order valence-electron chi connectivity index (χ2n) is 16.7. The number of rotatable bonds is 11. The number of allylic oxidation sites excluding steroid dienone is 1. The average molecular weight is 718 g/mol. The van der Waals surface area contributed by atoms with E-state index in [2.05, 4.69) is 60.2 Å². The summed E-state index contributed by atoms with van der Waals surface area (Å²) < 4.78 is 13.4. The van der Waals surface area contributed by atoms with Gasteiger partial charge in [-0.05, 0) is 135 Å². The minimum atomic E-state index is -0.320. The van der Waals surface area contributed by atoms with Crippen LogP contribution in [-0.2, 0) is 17.8 Å². The summed E-state index contributed by atoms with van der Waals surface area (Å²) in [5, 5.41) is 3.60. The number of carbonyl (C=O) groups is 1. The van der Waals surface area contributed by atoms with Crippen LogP contribution in [0, 0.1) is 35.5 Å². The van der Waals surface area contributed by atoms with Crippen LogP contribution in [0.3, 0.4) is 0 Å². The molecule has 0 spiro atoms. The number of anilines is 1. The first-order chi connectivity index (χ1) is 24.7. The van der Waals surface area contributed by atoms with E-state index >= 15 is 0 Å². The van der Waals surface area contributed by atoms with E-state index in [-0.39, 0.29) is 11.5 Å². The van der Waals surface area contributed by atoms with E-state index in [0.717, 1.165) is 73.6 Å². The number of hydrogen-bond acceptors (Lipinski definition) is 5. The molecular weight excluding hydrogens is 654 g/mol. The van der Waals surface area contributed by atoms with Crippen molar-refractivity contribution in [2.75, 3.05) is 51.8 Å². The van der Waals surface area contributed by atoms with Crippen molar-refractivity contribution in [3.8, 4) is 5.75 Å². The van der Waals surface area contributed by atoms with Gasteiger partial charge < -0.3 is 19.7 Å². The summed E-state index contributed by atoms with van der Waals surface area (Å²) in [5.74, 6) is 4.71. The van der Waals surface area contributed by atoms with Gasteiger partial charge in [0, 0.05) is 50.9 Å². The molecule has 0 radical (unpaired) electrons. The third-order valence-corrected chi connectivity index (χ3v) is 13.5. The van der Waals surface area contributed by atoms with Crippen LogP contribution in [-0.4, -0.2) is 63.3 Å². The van der Waals surface area contributed by atoms with Gasteiger partial charge in [0.15, 0.2) is 0 Å². The van der Waals surface area contributed by atoms with E-state index < -0.39 is 0 Å². The fourth-order valence-corrected chi connectivity index (χ4v) is 9.63. The number of nitrogens with one attached hydrogen (secondary N) is 1. The van der Waals surface area contributed by atoms with E-state index in [1.54, 1.807) is 7.05 Å². The lowest BCUT2D eigenvalue weighted by atomic mass is 9.63. The lowest BCUT2D eigenvalue weighted by Gasteiger charge is -2.52. The summed E-state index contributed by atoms with van der Waals surface area (Å²) in [6.07, 6.45) is 18.4. The van der Waals surface area contributed by atoms with Gasteiger partial charge in [0.05, 0.1) is 5.69 Å². The van der Waals surface area contributed by atoms with Crippen molar-refractivity contribution in [3.05, 3.63) is 70.3 Å². The number of nitrogens with zero attached hydrogens (tertiary/aromatic N) is 2. The minimum absolute atomic E-state index is 0.0746. The van der Waals surface area contributed by atoms with Gasteiger partial charge >= 0.3 is 0 Å². The van der Waals surface area contributed by atoms with Crippen LogP contribution >= 0.6 is 11.6 Å². The van der Waals surface area contributed by atoms with E-state index in [1.165, 1.54) is 69.2 Å². The van der Waals surface area contributed by atoms with Gasteiger partial charge in [-0.2, -0.15) is 0 Å². The Morgan fingerprint density at radius 1 is 1.00 bits per heavy atom. The highest BCUT2D eigenvalue weighted by Gasteiger charge is 2.48. The predicted molar refractivity (Wildman–Crippen MR) is 211 cm³/mol. The number of aryl methyl sites for hydroxylation is 1. The molecule has 0 aromatic heterocycles. The predicted octanol–water partition coefficient (Wildman–Crippen LogP) is 9.58. The van der Waals surface area contributed by atoms with Crippen molar-refractivity contribution in [1.82, 2.24) is 10.2 Å². The summed E-state index contributed by atoms with van der Waals surface area (Å²) in [6, 6.07) is 12.1. The molecule has 6 atom stereocenters. The molecule has 1 unspecified atom stereocenters. The highest BCUT2D eigenvalue weighted by Crippen LogP contribution is 2.47. The third kappa shape index (κ3) is 9.16. The highest BCUT2D eigenvalue weighted by molar-refractivity contribution is 6.30. The molecule has 0 bridgehead atoms. The molecule has 2 saturated carbocycles. The molecule has 2 aromatic rings. The molecule has 2 aliphatic carbocycles. The number of fused-ring (bicyclic) bond motifs is 3. The van der Waals surface area contributed by atoms with Gasteiger partial charge in [-0.3, -0.25) is 9.69 Å². The Bertz CT molecular complexity index is 1490. The Balaban J connectivity index is 1.27. The zero-order valence-corrected chi connectivity index (χ0v) is 32.9. The van der Waals surface area contributed by atoms with Crippen LogP contribution in [0.4, 0.5) is 5.69 Å². The smallest absolute Gasteiger partial charge is 0.251 e. The van der Waals surface area contributed by atoms with Crippen LogP contribution in [0.15, 0.2) is 48.6 Å². The molecule has 2 heterocycles. The molecule has 2 aliphatic heterocycles. The van der Waals surface area contributed by atoms with Crippen LogP contribution in [0.1, 0.15) is 106 Å². The lowest BCUT2D eigenvalue weighted by molar-refractivity contribution is -0.0986. The lowest BCUT2D eigenvalue weighted by Crippen LogP contribution is -2.57. The first kappa shape index (κ1) is 38.2. The fourth-order valence-electron chi connectivity index (χ4n) is 9.44. The quantitative estimate of drug-likeness (QED) is 0.235. The summed E-state index contributed by atoms with van der Waals surface area (Å²) in [5.41, 5.74) is 3.80. The van der Waals surface area contributed by atoms with E-state index in [0.29, 0.717) is 35.8 Å². The van der Waals surface area contributed by atoms with Crippen LogP contribution in [0.5, 0.6) is 5.75 Å². The van der Waals surface area contributed by atoms with E-state index in [9.17, 15) is 4.79 Å². The van der Waals surface area contributed by atoms with Crippen molar-refractivity contribution in [1.29, 1.82) is 0 Å². The van der Waals surface area contributed by atoms with Crippen molar-refractivity contribution in [2.24, 2.45) is 35.5 Å². The molecule has 4 aliphatic rings. The zero-order chi connectivity index (χ0) is 36.0. The number of carbonyl (C=O) groups excluding carboxylic acids is 1. The SMILES string of the molecule is CNC(=O)c1ccc2c(c1)N(C[C@@H]1CC[C@H]1[C@](/C=C/C[C@H](C)C(C)C)(CN1CC[C@H]3CCCCC3C1)OC)CCCCc1cc(Cl)ccc1CO2. The maximum atomic E-state index is 12.9. The maximum Gasteiger partial charge on any atom is 0.251 e. The van der Waals surface area contributed by atoms with Gasteiger partial charge in [-0.1, -0.05) is 69.9 Å². The molecular formula is C44H64ClN3O3. The third-order valence-electron chi connectivity index (χ3n) is 13.2. The molecule has 2 aromatic carbocycles. The van der Waals surface area contributed by atoms with Gasteiger partial charge in [0.1, 0.15) is 18.0 Å². The highest BCUT2D eigenvalue weighted by atomic mass is 35.5. The number of ether oxygens (including phenoxy) is 2. The number of amides is 1. The van der Waals surface area contributed by atoms with Crippen molar-refractivity contribution >= 4 is 23.2 Å². The van der Waals surface area contributed by atoms with Gasteiger partial charge in [0.25, 0.3) is 5.91 Å². The molecule has 51 heavy (non-hydrogen) atoms. The number of likely N-dealkylation sites (tertiary alicyclic amines) is 1. The van der Waals surface area contributed by atoms with Crippen molar-refractivity contribution < 1.29 is 14.3 Å². The molecule has 7 heteroatoms. The van der Waals surface area contributed by atoms with E-state index in [1.807, 2.05) is 31.4 Å². The second-order valence-corrected chi connectivity index (χ2v) is 17.1. The molecule has 280 valence electrons. The molecule has 3 fully saturated rings. The standard InChI is InChI=1S/C44H64ClN3O3/c1-31(2)32(3)11-10-22-44(50-5,30-47-24-21-33-12-6-7-14-36(33)27-47)40-19-16-37(40)28-48-23-9-8-13-34-25-39(45)18-15-38(34)29-51-42-20-17-35(26-41(42)48)43(49)46-4/h10,15,17-18,20,22,25-26,31-33,36-37,40H,6-9,11-14,16,19,21,23-24,27-30H2,1-5H3,(H,46,49)/b22-10+/t32-,33+,36?,37-,40+,44-/m0/s1. The molecule has 1 N–H and O–H groups in total. The van der Waals surface area contributed by atoms with Gasteiger partial charge in [-0.15, -0.1) is 0 Å². The summed E-state index contributed by atoms with van der Waals surface area (Å²) in [4.78, 5) is 18.2. The number of benzene rings is 2. The molecule has 6 nitrogen and oxygen atoms in total. The zero-order valence-electron chi connectivity index (χ0n) is 32.1. The Hall–Kier alpha value is -2.54. The largest absolute Gasteiger partial charge is 0.487 e. The van der Waals surface area contributed by atoms with Crippen molar-refractivity contribution in [2.45, 2.75) is 104 Å². The Kier molecular flexibility index (Phi) is 13.1. The summed E-state index contributed by atoms with van der Waals surface area (Å²) in [6.45, 7) is 12.7. The maximum absolute atomic E-state index is 12.9. The average Bonchev–Trinajstić information content (AvgIpc) is 3.15. The monoisotopic (exact) mass is 717 g/mol. The van der Waals surface area contributed by atoms with Crippen LogP contribution < -0.4 is 15.0 Å². The Morgan fingerprint density at radius 2 is 1.82 bits per heavy atom. The Morgan fingerprint density at radius 3 is 2.57 bits per heavy atom. The van der Waals surface area contributed by atoms with Gasteiger partial charge in [-0.25, -0.2) is 0 Å². The first-order valence-corrected chi connectivity index (χ1v) is 20.5. The summed E-state index contributed by atoms with van der Waals surface area (Å²) in [7, 11) is 3.67. The minimum Gasteiger partial charge on any atom is -0.487 e. The number of piperidine rings is 1. The van der Waals surface area contributed by atoms with Crippen molar-refractivity contribution in [3.63, 3.8) is 0 Å². The Labute approximate surface area is 313 Å². The van der Waals surface area contributed by atoms with Crippen LogP contribution in [0.25, 0.3) is 0 Å². The normalized spacial score (nSPS) is 26.1. The molecule has 6 rings (SSSR count). The molecule has 1 amide bonds. The van der Waals surface area contributed by atoms with Crippen LogP contribution in [0.2, 0.25) is 5.02 Å².